The van der Waals surface area contributed by atoms with Crippen molar-refractivity contribution in [1.29, 1.82) is 0 Å². The number of benzene rings is 4. The third-order valence-electron chi connectivity index (χ3n) is 6.56. The van der Waals surface area contributed by atoms with E-state index in [9.17, 15) is 0 Å². The van der Waals surface area contributed by atoms with Gasteiger partial charge < -0.3 is 0 Å². The molecule has 7 rings (SSSR count). The zero-order valence-electron chi connectivity index (χ0n) is 18.3. The molecule has 0 aliphatic heterocycles. The summed E-state index contributed by atoms with van der Waals surface area (Å²) in [5, 5.41) is 6.87. The van der Waals surface area contributed by atoms with E-state index in [0.717, 1.165) is 55.1 Å². The van der Waals surface area contributed by atoms with E-state index in [1.807, 2.05) is 18.5 Å². The quantitative estimate of drug-likeness (QED) is 0.261. The highest BCUT2D eigenvalue weighted by atomic mass is 14.8. The molecule has 3 nitrogen and oxygen atoms in total. The Morgan fingerprint density at radius 1 is 0.412 bits per heavy atom. The fourth-order valence-corrected chi connectivity index (χ4v) is 4.94. The van der Waals surface area contributed by atoms with Gasteiger partial charge in [-0.3, -0.25) is 9.97 Å². The van der Waals surface area contributed by atoms with E-state index in [0.29, 0.717) is 0 Å². The monoisotopic (exact) mass is 433 g/mol. The fraction of sp³-hybridized carbons (Fsp3) is 0. The number of fused-ring (bicyclic) bond motifs is 5. The second-order valence-corrected chi connectivity index (χ2v) is 8.50. The summed E-state index contributed by atoms with van der Waals surface area (Å²) in [7, 11) is 0. The van der Waals surface area contributed by atoms with Crippen molar-refractivity contribution in [1.82, 2.24) is 15.0 Å². The summed E-state index contributed by atoms with van der Waals surface area (Å²) in [5.41, 5.74) is 6.04. The zero-order valence-corrected chi connectivity index (χ0v) is 18.3. The summed E-state index contributed by atoms with van der Waals surface area (Å²) in [6.07, 6.45) is 3.72. The van der Waals surface area contributed by atoms with Gasteiger partial charge in [-0.25, -0.2) is 4.98 Å². The molecule has 0 N–H and O–H groups in total. The first-order valence-corrected chi connectivity index (χ1v) is 11.4. The molecule has 158 valence electrons. The van der Waals surface area contributed by atoms with E-state index < -0.39 is 0 Å². The first-order chi connectivity index (χ1) is 16.9. The highest BCUT2D eigenvalue weighted by Gasteiger charge is 2.14. The highest BCUT2D eigenvalue weighted by molar-refractivity contribution is 6.09. The minimum absolute atomic E-state index is 0.930. The maximum atomic E-state index is 5.10. The molecule has 0 saturated heterocycles. The number of hydrogen-bond donors (Lipinski definition) is 0. The number of aromatic nitrogens is 3. The lowest BCUT2D eigenvalue weighted by Crippen LogP contribution is -1.92. The molecule has 3 heterocycles. The van der Waals surface area contributed by atoms with E-state index in [1.54, 1.807) is 0 Å². The SMILES string of the molecule is c1ccc2c(-c3ccc(-c4ccc5ccc6cccnc6c5n4)c4ccccc34)nccc2c1. The topological polar surface area (TPSA) is 38.7 Å². The van der Waals surface area contributed by atoms with E-state index in [1.165, 1.54) is 10.8 Å². The Kier molecular flexibility index (Phi) is 4.15. The summed E-state index contributed by atoms with van der Waals surface area (Å²) in [6, 6.07) is 35.9. The zero-order chi connectivity index (χ0) is 22.5. The van der Waals surface area contributed by atoms with E-state index in [-0.39, 0.29) is 0 Å². The Balaban J connectivity index is 1.49. The van der Waals surface area contributed by atoms with Crippen LogP contribution < -0.4 is 0 Å². The summed E-state index contributed by atoms with van der Waals surface area (Å²) in [4.78, 5) is 14.5. The standard InChI is InChI=1S/C31H19N3/c1-2-8-23-20(6-1)17-19-33-31(23)27-15-14-26(24-9-3-4-10-25(24)27)28-16-13-22-12-11-21-7-5-18-32-29(21)30(22)34-28/h1-19H. The van der Waals surface area contributed by atoms with Crippen molar-refractivity contribution >= 4 is 43.4 Å². The van der Waals surface area contributed by atoms with Crippen LogP contribution in [0.1, 0.15) is 0 Å². The van der Waals surface area contributed by atoms with Crippen molar-refractivity contribution in [2.75, 3.05) is 0 Å². The molecule has 0 unspecified atom stereocenters. The van der Waals surface area contributed by atoms with Crippen molar-refractivity contribution < 1.29 is 0 Å². The van der Waals surface area contributed by atoms with E-state index >= 15 is 0 Å². The molecule has 3 heteroatoms. The van der Waals surface area contributed by atoms with Crippen LogP contribution in [-0.4, -0.2) is 15.0 Å². The normalized spacial score (nSPS) is 11.5. The van der Waals surface area contributed by atoms with E-state index in [4.69, 9.17) is 9.97 Å². The molecule has 0 aliphatic rings. The summed E-state index contributed by atoms with van der Waals surface area (Å²) in [6.45, 7) is 0. The number of pyridine rings is 3. The molecular weight excluding hydrogens is 414 g/mol. The van der Waals surface area contributed by atoms with Gasteiger partial charge in [0, 0.05) is 39.7 Å². The molecule has 0 bridgehead atoms. The minimum atomic E-state index is 0.930. The molecule has 7 aromatic rings. The smallest absolute Gasteiger partial charge is 0.0972 e. The minimum Gasteiger partial charge on any atom is -0.256 e. The molecule has 34 heavy (non-hydrogen) atoms. The fourth-order valence-electron chi connectivity index (χ4n) is 4.94. The van der Waals surface area contributed by atoms with Gasteiger partial charge in [-0.15, -0.1) is 0 Å². The van der Waals surface area contributed by atoms with Gasteiger partial charge in [-0.1, -0.05) is 84.9 Å². The molecule has 0 atom stereocenters. The average Bonchev–Trinajstić information content (AvgIpc) is 2.92. The third-order valence-corrected chi connectivity index (χ3v) is 6.56. The van der Waals surface area contributed by atoms with Gasteiger partial charge in [0.2, 0.25) is 0 Å². The lowest BCUT2D eigenvalue weighted by molar-refractivity contribution is 1.36. The van der Waals surface area contributed by atoms with Crippen molar-refractivity contribution in [3.8, 4) is 22.5 Å². The predicted molar refractivity (Wildman–Crippen MR) is 141 cm³/mol. The largest absolute Gasteiger partial charge is 0.256 e. The molecule has 0 spiro atoms. The van der Waals surface area contributed by atoms with Crippen LogP contribution in [0.5, 0.6) is 0 Å². The van der Waals surface area contributed by atoms with Crippen LogP contribution in [0.3, 0.4) is 0 Å². The maximum absolute atomic E-state index is 5.10. The first-order valence-electron chi connectivity index (χ1n) is 11.4. The molecule has 3 aromatic heterocycles. The van der Waals surface area contributed by atoms with Gasteiger partial charge in [0.05, 0.1) is 22.4 Å². The second kappa shape index (κ2) is 7.46. The van der Waals surface area contributed by atoms with Crippen LogP contribution in [0.2, 0.25) is 0 Å². The first kappa shape index (κ1) is 18.9. The van der Waals surface area contributed by atoms with Crippen molar-refractivity contribution in [2.45, 2.75) is 0 Å². The van der Waals surface area contributed by atoms with Gasteiger partial charge in [0.25, 0.3) is 0 Å². The second-order valence-electron chi connectivity index (χ2n) is 8.50. The Morgan fingerprint density at radius 3 is 1.97 bits per heavy atom. The van der Waals surface area contributed by atoms with Crippen molar-refractivity contribution in [3.63, 3.8) is 0 Å². The van der Waals surface area contributed by atoms with Gasteiger partial charge in [-0.05, 0) is 34.4 Å². The van der Waals surface area contributed by atoms with Gasteiger partial charge in [-0.2, -0.15) is 0 Å². The van der Waals surface area contributed by atoms with Gasteiger partial charge in [0.15, 0.2) is 0 Å². The van der Waals surface area contributed by atoms with E-state index in [2.05, 4.69) is 102 Å². The van der Waals surface area contributed by atoms with Crippen LogP contribution in [-0.2, 0) is 0 Å². The third kappa shape index (κ3) is 2.87. The van der Waals surface area contributed by atoms with Crippen molar-refractivity contribution in [2.24, 2.45) is 0 Å². The summed E-state index contributed by atoms with van der Waals surface area (Å²) in [5.74, 6) is 0. The molecule has 4 aromatic carbocycles. The number of nitrogens with zero attached hydrogens (tertiary/aromatic N) is 3. The van der Waals surface area contributed by atoms with Gasteiger partial charge in [0.1, 0.15) is 0 Å². The molecular formula is C31H19N3. The van der Waals surface area contributed by atoms with Crippen LogP contribution in [0, 0.1) is 0 Å². The predicted octanol–water partition coefficient (Wildman–Crippen LogP) is 7.82. The maximum Gasteiger partial charge on any atom is 0.0972 e. The molecule has 0 aliphatic carbocycles. The molecule has 0 fully saturated rings. The number of hydrogen-bond acceptors (Lipinski definition) is 3. The van der Waals surface area contributed by atoms with Crippen LogP contribution in [0.25, 0.3) is 65.9 Å². The van der Waals surface area contributed by atoms with Crippen LogP contribution in [0.4, 0.5) is 0 Å². The Morgan fingerprint density at radius 2 is 1.09 bits per heavy atom. The molecule has 0 radical (unpaired) electrons. The average molecular weight is 434 g/mol. The van der Waals surface area contributed by atoms with Crippen LogP contribution >= 0.6 is 0 Å². The Bertz CT molecular complexity index is 1870. The summed E-state index contributed by atoms with van der Waals surface area (Å²) >= 11 is 0. The molecule has 0 saturated carbocycles. The summed E-state index contributed by atoms with van der Waals surface area (Å²) < 4.78 is 0. The molecule has 0 amide bonds. The van der Waals surface area contributed by atoms with Crippen LogP contribution in [0.15, 0.2) is 116 Å². The van der Waals surface area contributed by atoms with Crippen molar-refractivity contribution in [3.05, 3.63) is 116 Å². The lowest BCUT2D eigenvalue weighted by atomic mass is 9.94. The highest BCUT2D eigenvalue weighted by Crippen LogP contribution is 2.37. The number of rotatable bonds is 2. The lowest BCUT2D eigenvalue weighted by Gasteiger charge is -2.13. The Hall–Kier alpha value is -4.63. The van der Waals surface area contributed by atoms with Gasteiger partial charge >= 0.3 is 0 Å². The Labute approximate surface area is 196 Å².